The fourth-order valence-electron chi connectivity index (χ4n) is 0.430. The quantitative estimate of drug-likeness (QED) is 0.409. The van der Waals surface area contributed by atoms with E-state index in [1.165, 1.54) is 0 Å². The second kappa shape index (κ2) is 5.36. The van der Waals surface area contributed by atoms with E-state index in [9.17, 15) is 0 Å². The third kappa shape index (κ3) is 4.54. The summed E-state index contributed by atoms with van der Waals surface area (Å²) in [6.45, 7) is 0. The van der Waals surface area contributed by atoms with Gasteiger partial charge in [0.25, 0.3) is 0 Å². The van der Waals surface area contributed by atoms with Crippen LogP contribution in [-0.2, 0) is 9.59 Å². The lowest BCUT2D eigenvalue weighted by Gasteiger charge is -1.92. The van der Waals surface area contributed by atoms with E-state index in [0.717, 1.165) is 0 Å². The van der Waals surface area contributed by atoms with E-state index < -0.39 is 11.9 Å². The highest BCUT2D eigenvalue weighted by Gasteiger charge is 2.04. The number of nitrogens with two attached hydrogens (primary N) is 2. The Morgan fingerprint density at radius 3 is 1.93 bits per heavy atom. The summed E-state index contributed by atoms with van der Waals surface area (Å²) in [4.78, 5) is 21.9. The van der Waals surface area contributed by atoms with E-state index in [1.54, 1.807) is 18.3 Å². The van der Waals surface area contributed by atoms with E-state index in [-0.39, 0.29) is 0 Å². The molecule has 0 radical (unpaired) electrons. The molecule has 0 bridgehead atoms. The Morgan fingerprint density at radius 2 is 1.71 bits per heavy atom. The molecule has 0 fully saturated rings. The van der Waals surface area contributed by atoms with E-state index >= 15 is 0 Å². The minimum absolute atomic E-state index is 0.396. The van der Waals surface area contributed by atoms with E-state index in [1.807, 2.05) is 0 Å². The van der Waals surface area contributed by atoms with Crippen molar-refractivity contribution in [2.24, 2.45) is 0 Å². The average Bonchev–Trinajstić information content (AvgIpc) is 2.11. The summed E-state index contributed by atoms with van der Waals surface area (Å²) in [5, 5.41) is 14.8. The summed E-state index contributed by atoms with van der Waals surface area (Å²) < 4.78 is 0. The molecule has 14 heavy (non-hydrogen) atoms. The van der Waals surface area contributed by atoms with Gasteiger partial charge in [0.2, 0.25) is 0 Å². The summed E-state index contributed by atoms with van der Waals surface area (Å²) in [5.74, 6) is -3.25. The molecular weight excluding hydrogens is 190 g/mol. The topological polar surface area (TPSA) is 140 Å². The molecule has 6 N–H and O–H groups in total. The van der Waals surface area contributed by atoms with Gasteiger partial charge in [-0.2, -0.15) is 0 Å². The number of nitrogen functional groups attached to an aromatic ring is 2. The lowest BCUT2D eigenvalue weighted by molar-refractivity contribution is -0.159. The largest absolute Gasteiger partial charge is 0.473 e. The van der Waals surface area contributed by atoms with Crippen molar-refractivity contribution in [3.8, 4) is 0 Å². The van der Waals surface area contributed by atoms with Crippen LogP contribution in [0.3, 0.4) is 0 Å². The predicted octanol–water partition coefficient (Wildman–Crippen LogP) is -0.598. The van der Waals surface area contributed by atoms with Crippen LogP contribution in [0.4, 0.5) is 11.5 Å². The smallest absolute Gasteiger partial charge is 0.414 e. The van der Waals surface area contributed by atoms with Gasteiger partial charge in [-0.15, -0.1) is 0 Å². The minimum atomic E-state index is -1.82. The molecule has 0 aromatic carbocycles. The highest BCUT2D eigenvalue weighted by Crippen LogP contribution is 2.06. The van der Waals surface area contributed by atoms with Crippen LogP contribution >= 0.6 is 0 Å². The first-order chi connectivity index (χ1) is 6.45. The van der Waals surface area contributed by atoms with Crippen LogP contribution in [0.15, 0.2) is 18.3 Å². The van der Waals surface area contributed by atoms with Gasteiger partial charge >= 0.3 is 11.9 Å². The summed E-state index contributed by atoms with van der Waals surface area (Å²) in [6.07, 6.45) is 1.60. The molecule has 0 spiro atoms. The van der Waals surface area contributed by atoms with Crippen molar-refractivity contribution in [3.63, 3.8) is 0 Å². The monoisotopic (exact) mass is 199 g/mol. The molecule has 0 aliphatic heterocycles. The molecule has 0 atom stereocenters. The van der Waals surface area contributed by atoms with Crippen molar-refractivity contribution in [3.05, 3.63) is 18.3 Å². The standard InChI is InChI=1S/C5H7N3.C2H2O4/c6-4-2-1-3-8-5(4)7;3-1(4)2(5)6/h1-3H,6H2,(H2,7,8);(H,3,4)(H,5,6). The lowest BCUT2D eigenvalue weighted by atomic mass is 10.4. The first kappa shape index (κ1) is 11.7. The van der Waals surface area contributed by atoms with E-state index in [4.69, 9.17) is 31.3 Å². The lowest BCUT2D eigenvalue weighted by Crippen LogP contribution is -2.09. The van der Waals surface area contributed by atoms with Crippen LogP contribution in [0.5, 0.6) is 0 Å². The highest BCUT2D eigenvalue weighted by atomic mass is 16.4. The molecule has 7 nitrogen and oxygen atoms in total. The molecule has 0 saturated carbocycles. The maximum Gasteiger partial charge on any atom is 0.414 e. The van der Waals surface area contributed by atoms with Gasteiger partial charge in [0.15, 0.2) is 0 Å². The Bertz CT molecular complexity index is 306. The summed E-state index contributed by atoms with van der Waals surface area (Å²) in [6, 6.07) is 3.45. The molecule has 7 heteroatoms. The van der Waals surface area contributed by atoms with Crippen molar-refractivity contribution in [1.82, 2.24) is 4.98 Å². The van der Waals surface area contributed by atoms with E-state index in [0.29, 0.717) is 11.5 Å². The molecule has 1 rings (SSSR count). The van der Waals surface area contributed by atoms with Crippen molar-refractivity contribution < 1.29 is 19.8 Å². The molecule has 0 amide bonds. The maximum absolute atomic E-state index is 9.10. The van der Waals surface area contributed by atoms with Gasteiger partial charge in [0, 0.05) is 6.20 Å². The van der Waals surface area contributed by atoms with Gasteiger partial charge in [-0.1, -0.05) is 0 Å². The number of carboxylic acids is 2. The van der Waals surface area contributed by atoms with Crippen molar-refractivity contribution in [2.75, 3.05) is 11.5 Å². The fraction of sp³-hybridized carbons (Fsp3) is 0. The van der Waals surface area contributed by atoms with E-state index in [2.05, 4.69) is 4.98 Å². The van der Waals surface area contributed by atoms with Crippen LogP contribution < -0.4 is 11.5 Å². The Labute approximate surface area is 79.0 Å². The molecular formula is C7H9N3O4. The molecule has 76 valence electrons. The molecule has 0 aliphatic rings. The van der Waals surface area contributed by atoms with Gasteiger partial charge < -0.3 is 21.7 Å². The summed E-state index contributed by atoms with van der Waals surface area (Å²) in [5.41, 5.74) is 11.2. The third-order valence-electron chi connectivity index (χ3n) is 1.05. The van der Waals surface area contributed by atoms with Crippen LogP contribution in [-0.4, -0.2) is 27.1 Å². The average molecular weight is 199 g/mol. The number of pyridine rings is 1. The van der Waals surface area contributed by atoms with Gasteiger partial charge in [-0.05, 0) is 12.1 Å². The summed E-state index contributed by atoms with van der Waals surface area (Å²) in [7, 11) is 0. The number of aliphatic carboxylic acids is 2. The minimum Gasteiger partial charge on any atom is -0.473 e. The number of hydrogen-bond acceptors (Lipinski definition) is 5. The van der Waals surface area contributed by atoms with Crippen molar-refractivity contribution in [1.29, 1.82) is 0 Å². The van der Waals surface area contributed by atoms with Gasteiger partial charge in [0.1, 0.15) is 5.82 Å². The highest BCUT2D eigenvalue weighted by molar-refractivity contribution is 6.27. The van der Waals surface area contributed by atoms with Crippen LogP contribution in [0, 0.1) is 0 Å². The zero-order valence-electron chi connectivity index (χ0n) is 7.04. The number of anilines is 2. The molecule has 1 aromatic rings. The first-order valence-corrected chi connectivity index (χ1v) is 3.37. The molecule has 0 unspecified atom stereocenters. The zero-order chi connectivity index (χ0) is 11.1. The Hall–Kier alpha value is -2.31. The SMILES string of the molecule is Nc1cccnc1N.O=C(O)C(=O)O. The third-order valence-corrected chi connectivity index (χ3v) is 1.05. The number of rotatable bonds is 0. The van der Waals surface area contributed by atoms with Gasteiger partial charge in [-0.3, -0.25) is 0 Å². The number of aromatic nitrogens is 1. The van der Waals surface area contributed by atoms with Crippen molar-refractivity contribution in [2.45, 2.75) is 0 Å². The fourth-order valence-corrected chi connectivity index (χ4v) is 0.430. The normalized spacial score (nSPS) is 8.29. The molecule has 1 heterocycles. The van der Waals surface area contributed by atoms with Crippen molar-refractivity contribution >= 4 is 23.4 Å². The maximum atomic E-state index is 9.10. The Morgan fingerprint density at radius 1 is 1.21 bits per heavy atom. The number of carbonyl (C=O) groups is 2. The second-order valence-corrected chi connectivity index (χ2v) is 2.09. The Balaban J connectivity index is 0.000000255. The Kier molecular flexibility index (Phi) is 4.47. The van der Waals surface area contributed by atoms with Gasteiger partial charge in [0.05, 0.1) is 5.69 Å². The second-order valence-electron chi connectivity index (χ2n) is 2.09. The zero-order valence-corrected chi connectivity index (χ0v) is 7.04. The number of nitrogens with zero attached hydrogens (tertiary/aromatic N) is 1. The van der Waals surface area contributed by atoms with Crippen LogP contribution in [0.25, 0.3) is 0 Å². The number of carboxylic acid groups (broad SMARTS) is 2. The molecule has 1 aromatic heterocycles. The van der Waals surface area contributed by atoms with Crippen LogP contribution in [0.2, 0.25) is 0 Å². The molecule has 0 saturated heterocycles. The summed E-state index contributed by atoms with van der Waals surface area (Å²) >= 11 is 0. The van der Waals surface area contributed by atoms with Gasteiger partial charge in [-0.25, -0.2) is 14.6 Å². The number of hydrogen-bond donors (Lipinski definition) is 4. The first-order valence-electron chi connectivity index (χ1n) is 3.37. The van der Waals surface area contributed by atoms with Crippen LogP contribution in [0.1, 0.15) is 0 Å². The predicted molar refractivity (Wildman–Crippen MR) is 48.3 cm³/mol. The molecule has 0 aliphatic carbocycles.